The molecule has 2 nitrogen and oxygen atoms in total. The normalized spacial score (nSPS) is 18.2. The topological polar surface area (TPSA) is 46.2 Å². The Hall–Kier alpha value is -1.02. The van der Waals surface area contributed by atoms with Crippen LogP contribution in [0.4, 0.5) is 0 Å². The molecule has 1 saturated carbocycles. The van der Waals surface area contributed by atoms with Crippen LogP contribution in [0.25, 0.3) is 0 Å². The standard InChI is InChI=1S/C12H17NO/c1-8-3-4-10(11(14)9(8)2)7-12(13)5-6-12/h3-4,14H,5-7,13H2,1-2H3. The van der Waals surface area contributed by atoms with Gasteiger partial charge in [0, 0.05) is 5.54 Å². The molecule has 0 unspecified atom stereocenters. The Labute approximate surface area is 84.7 Å². The van der Waals surface area contributed by atoms with E-state index in [0.717, 1.165) is 36.0 Å². The molecule has 0 spiro atoms. The Bertz CT molecular complexity index is 367. The molecule has 76 valence electrons. The van der Waals surface area contributed by atoms with Crippen LogP contribution in [-0.2, 0) is 6.42 Å². The summed E-state index contributed by atoms with van der Waals surface area (Å²) in [6, 6.07) is 4.04. The van der Waals surface area contributed by atoms with Crippen molar-refractivity contribution in [1.82, 2.24) is 0 Å². The van der Waals surface area contributed by atoms with E-state index in [0.29, 0.717) is 5.75 Å². The van der Waals surface area contributed by atoms with Gasteiger partial charge in [0.25, 0.3) is 0 Å². The molecule has 1 fully saturated rings. The molecule has 2 heteroatoms. The third-order valence-corrected chi connectivity index (χ3v) is 3.22. The molecule has 0 bridgehead atoms. The first-order chi connectivity index (χ1) is 6.52. The number of aryl methyl sites for hydroxylation is 1. The zero-order valence-corrected chi connectivity index (χ0v) is 8.80. The summed E-state index contributed by atoms with van der Waals surface area (Å²) in [6.45, 7) is 3.96. The predicted octanol–water partition coefficient (Wildman–Crippen LogP) is 2.04. The lowest BCUT2D eigenvalue weighted by Gasteiger charge is -2.13. The van der Waals surface area contributed by atoms with Gasteiger partial charge >= 0.3 is 0 Å². The summed E-state index contributed by atoms with van der Waals surface area (Å²) in [5, 5.41) is 9.91. The maximum atomic E-state index is 9.91. The van der Waals surface area contributed by atoms with Gasteiger partial charge in [-0.05, 0) is 49.8 Å². The summed E-state index contributed by atoms with van der Waals surface area (Å²) in [5.74, 6) is 0.432. The van der Waals surface area contributed by atoms with Crippen LogP contribution in [0.15, 0.2) is 12.1 Å². The van der Waals surface area contributed by atoms with Crippen molar-refractivity contribution in [2.24, 2.45) is 5.73 Å². The number of hydrogen-bond donors (Lipinski definition) is 2. The highest BCUT2D eigenvalue weighted by Gasteiger charge is 2.38. The van der Waals surface area contributed by atoms with E-state index in [2.05, 4.69) is 6.07 Å². The van der Waals surface area contributed by atoms with Crippen LogP contribution in [0.5, 0.6) is 5.75 Å². The van der Waals surface area contributed by atoms with E-state index in [1.807, 2.05) is 19.9 Å². The summed E-state index contributed by atoms with van der Waals surface area (Å²) in [5.41, 5.74) is 9.10. The molecular formula is C12H17NO. The minimum atomic E-state index is -0.0286. The molecule has 1 aliphatic rings. The summed E-state index contributed by atoms with van der Waals surface area (Å²) >= 11 is 0. The molecule has 1 aromatic rings. The van der Waals surface area contributed by atoms with Crippen molar-refractivity contribution >= 4 is 0 Å². The van der Waals surface area contributed by atoms with Crippen LogP contribution in [0.2, 0.25) is 0 Å². The molecule has 0 aromatic heterocycles. The van der Waals surface area contributed by atoms with Crippen molar-refractivity contribution in [3.05, 3.63) is 28.8 Å². The summed E-state index contributed by atoms with van der Waals surface area (Å²) in [4.78, 5) is 0. The van der Waals surface area contributed by atoms with Crippen LogP contribution in [0.3, 0.4) is 0 Å². The minimum Gasteiger partial charge on any atom is -0.507 e. The second kappa shape index (κ2) is 2.99. The summed E-state index contributed by atoms with van der Waals surface area (Å²) in [6.07, 6.45) is 2.97. The third kappa shape index (κ3) is 1.62. The van der Waals surface area contributed by atoms with Crippen LogP contribution >= 0.6 is 0 Å². The van der Waals surface area contributed by atoms with E-state index in [1.165, 1.54) is 0 Å². The van der Waals surface area contributed by atoms with Gasteiger partial charge < -0.3 is 10.8 Å². The molecule has 1 aliphatic carbocycles. The second-order valence-corrected chi connectivity index (χ2v) is 4.55. The zero-order chi connectivity index (χ0) is 10.3. The summed E-state index contributed by atoms with van der Waals surface area (Å²) in [7, 11) is 0. The molecule has 2 rings (SSSR count). The highest BCUT2D eigenvalue weighted by molar-refractivity contribution is 5.45. The largest absolute Gasteiger partial charge is 0.507 e. The molecule has 0 amide bonds. The minimum absolute atomic E-state index is 0.0286. The van der Waals surface area contributed by atoms with Gasteiger partial charge in [0.15, 0.2) is 0 Å². The molecule has 0 aliphatic heterocycles. The number of aromatic hydroxyl groups is 1. The van der Waals surface area contributed by atoms with Gasteiger partial charge in [-0.25, -0.2) is 0 Å². The molecule has 0 atom stereocenters. The van der Waals surface area contributed by atoms with Crippen LogP contribution < -0.4 is 5.73 Å². The fourth-order valence-corrected chi connectivity index (χ4v) is 1.72. The lowest BCUT2D eigenvalue weighted by molar-refractivity contribution is 0.459. The van der Waals surface area contributed by atoms with E-state index in [4.69, 9.17) is 5.73 Å². The van der Waals surface area contributed by atoms with Crippen LogP contribution in [-0.4, -0.2) is 10.6 Å². The van der Waals surface area contributed by atoms with Gasteiger partial charge in [0.05, 0.1) is 0 Å². The predicted molar refractivity (Wildman–Crippen MR) is 57.4 cm³/mol. The Kier molecular flexibility index (Phi) is 2.04. The molecule has 0 saturated heterocycles. The number of hydrogen-bond acceptors (Lipinski definition) is 2. The first-order valence-corrected chi connectivity index (χ1v) is 5.09. The molecule has 0 heterocycles. The third-order valence-electron chi connectivity index (χ3n) is 3.22. The Morgan fingerprint density at radius 1 is 1.36 bits per heavy atom. The van der Waals surface area contributed by atoms with E-state index in [9.17, 15) is 5.11 Å². The lowest BCUT2D eigenvalue weighted by atomic mass is 9.98. The van der Waals surface area contributed by atoms with E-state index >= 15 is 0 Å². The maximum absolute atomic E-state index is 9.91. The van der Waals surface area contributed by atoms with Crippen molar-refractivity contribution in [2.75, 3.05) is 0 Å². The number of nitrogens with two attached hydrogens (primary N) is 1. The summed E-state index contributed by atoms with van der Waals surface area (Å²) < 4.78 is 0. The number of rotatable bonds is 2. The fraction of sp³-hybridized carbons (Fsp3) is 0.500. The first kappa shape index (κ1) is 9.53. The lowest BCUT2D eigenvalue weighted by Crippen LogP contribution is -2.24. The van der Waals surface area contributed by atoms with Gasteiger partial charge in [0.2, 0.25) is 0 Å². The Balaban J connectivity index is 2.30. The smallest absolute Gasteiger partial charge is 0.122 e. The van der Waals surface area contributed by atoms with Gasteiger partial charge in [-0.3, -0.25) is 0 Å². The molecule has 0 radical (unpaired) electrons. The Morgan fingerprint density at radius 2 is 2.00 bits per heavy atom. The molecular weight excluding hydrogens is 174 g/mol. The van der Waals surface area contributed by atoms with Crippen molar-refractivity contribution in [2.45, 2.75) is 38.6 Å². The van der Waals surface area contributed by atoms with Gasteiger partial charge in [-0.15, -0.1) is 0 Å². The number of phenols is 1. The zero-order valence-electron chi connectivity index (χ0n) is 8.80. The quantitative estimate of drug-likeness (QED) is 0.751. The Morgan fingerprint density at radius 3 is 2.57 bits per heavy atom. The average Bonchev–Trinajstić information content (AvgIpc) is 2.86. The molecule has 1 aromatic carbocycles. The highest BCUT2D eigenvalue weighted by Crippen LogP contribution is 2.38. The average molecular weight is 191 g/mol. The number of phenolic OH excluding ortho intramolecular Hbond substituents is 1. The van der Waals surface area contributed by atoms with Gasteiger partial charge in [0.1, 0.15) is 5.75 Å². The van der Waals surface area contributed by atoms with Crippen molar-refractivity contribution in [3.8, 4) is 5.75 Å². The van der Waals surface area contributed by atoms with Gasteiger partial charge in [-0.1, -0.05) is 12.1 Å². The van der Waals surface area contributed by atoms with E-state index in [1.54, 1.807) is 0 Å². The van der Waals surface area contributed by atoms with Crippen LogP contribution in [0.1, 0.15) is 29.5 Å². The second-order valence-electron chi connectivity index (χ2n) is 4.55. The van der Waals surface area contributed by atoms with Crippen molar-refractivity contribution < 1.29 is 5.11 Å². The monoisotopic (exact) mass is 191 g/mol. The maximum Gasteiger partial charge on any atom is 0.122 e. The molecule has 3 N–H and O–H groups in total. The van der Waals surface area contributed by atoms with Crippen molar-refractivity contribution in [1.29, 1.82) is 0 Å². The van der Waals surface area contributed by atoms with E-state index in [-0.39, 0.29) is 5.54 Å². The van der Waals surface area contributed by atoms with Crippen LogP contribution in [0, 0.1) is 13.8 Å². The first-order valence-electron chi connectivity index (χ1n) is 5.09. The van der Waals surface area contributed by atoms with E-state index < -0.39 is 0 Å². The fourth-order valence-electron chi connectivity index (χ4n) is 1.72. The molecule has 14 heavy (non-hydrogen) atoms. The highest BCUT2D eigenvalue weighted by atomic mass is 16.3. The number of benzene rings is 1. The SMILES string of the molecule is Cc1ccc(CC2(N)CC2)c(O)c1C. The van der Waals surface area contributed by atoms with Crippen molar-refractivity contribution in [3.63, 3.8) is 0 Å². The van der Waals surface area contributed by atoms with Gasteiger partial charge in [-0.2, -0.15) is 0 Å².